The topological polar surface area (TPSA) is 95.3 Å². The Balaban J connectivity index is 0.000000241. The SMILES string of the molecule is C=Cn1ccnc1C(=C)NCCC(C)(C)CN.CC=CCc1nc2c(C)cc(OCC(C)c3ccccc3)cn2n1. The van der Waals surface area contributed by atoms with Crippen molar-refractivity contribution in [1.29, 1.82) is 0 Å². The molecule has 3 heterocycles. The quantitative estimate of drug-likeness (QED) is 0.189. The van der Waals surface area contributed by atoms with Crippen molar-refractivity contribution in [3.05, 3.63) is 103 Å². The van der Waals surface area contributed by atoms with Crippen LogP contribution in [-0.4, -0.2) is 43.8 Å². The van der Waals surface area contributed by atoms with Crippen molar-refractivity contribution in [1.82, 2.24) is 29.5 Å². The lowest BCUT2D eigenvalue weighted by Crippen LogP contribution is -2.28. The van der Waals surface area contributed by atoms with Crippen LogP contribution in [0, 0.1) is 12.3 Å². The number of nitrogens with one attached hydrogen (secondary N) is 1. The lowest BCUT2D eigenvalue weighted by atomic mass is 9.90. The molecule has 0 aliphatic heterocycles. The van der Waals surface area contributed by atoms with Gasteiger partial charge < -0.3 is 20.4 Å². The summed E-state index contributed by atoms with van der Waals surface area (Å²) in [6.45, 7) is 20.4. The Morgan fingerprint density at radius 1 is 1.24 bits per heavy atom. The third kappa shape index (κ3) is 9.18. The van der Waals surface area contributed by atoms with Crippen LogP contribution in [0.15, 0.2) is 80.3 Å². The number of fused-ring (bicyclic) bond motifs is 1. The number of ether oxygens (including phenoxy) is 1. The highest BCUT2D eigenvalue weighted by molar-refractivity contribution is 5.57. The highest BCUT2D eigenvalue weighted by Gasteiger charge is 2.15. The van der Waals surface area contributed by atoms with Crippen LogP contribution in [0.4, 0.5) is 0 Å². The van der Waals surface area contributed by atoms with Gasteiger partial charge in [-0.15, -0.1) is 0 Å². The van der Waals surface area contributed by atoms with Gasteiger partial charge in [-0.2, -0.15) is 5.10 Å². The molecule has 218 valence electrons. The first-order chi connectivity index (χ1) is 19.7. The van der Waals surface area contributed by atoms with E-state index in [1.165, 1.54) is 5.56 Å². The summed E-state index contributed by atoms with van der Waals surface area (Å²) < 4.78 is 9.65. The van der Waals surface area contributed by atoms with Crippen molar-refractivity contribution in [3.8, 4) is 5.75 Å². The second-order valence-electron chi connectivity index (χ2n) is 10.9. The zero-order valence-electron chi connectivity index (χ0n) is 25.2. The van der Waals surface area contributed by atoms with Gasteiger partial charge in [-0.1, -0.05) is 76.4 Å². The van der Waals surface area contributed by atoms with Crippen molar-refractivity contribution in [2.45, 2.75) is 53.4 Å². The zero-order valence-corrected chi connectivity index (χ0v) is 25.2. The molecule has 0 aliphatic carbocycles. The van der Waals surface area contributed by atoms with E-state index < -0.39 is 0 Å². The van der Waals surface area contributed by atoms with Gasteiger partial charge in [-0.05, 0) is 49.4 Å². The van der Waals surface area contributed by atoms with Gasteiger partial charge in [0.15, 0.2) is 17.3 Å². The second kappa shape index (κ2) is 15.0. The number of hydrogen-bond donors (Lipinski definition) is 2. The Labute approximate surface area is 244 Å². The van der Waals surface area contributed by atoms with E-state index in [4.69, 9.17) is 10.5 Å². The molecule has 4 aromatic rings. The molecule has 0 spiro atoms. The number of rotatable bonds is 13. The van der Waals surface area contributed by atoms with Crippen molar-refractivity contribution in [3.63, 3.8) is 0 Å². The van der Waals surface area contributed by atoms with Gasteiger partial charge in [-0.25, -0.2) is 14.5 Å². The standard InChI is InChI=1S/C20H23N3O.C13H22N4/c1-4-5-11-19-21-20-15(2)12-18(13-23(20)22-19)24-14-16(3)17-9-7-6-8-10-17;1-5-17-9-8-16-12(17)11(2)15-7-6-13(3,4)10-14/h4-10,12-13,16H,11,14H2,1-3H3;5,8-9,15H,1-2,6-7,10,14H2,3-4H3. The molecule has 0 bridgehead atoms. The summed E-state index contributed by atoms with van der Waals surface area (Å²) in [7, 11) is 0. The number of nitrogens with two attached hydrogens (primary N) is 1. The summed E-state index contributed by atoms with van der Waals surface area (Å²) >= 11 is 0. The van der Waals surface area contributed by atoms with Crippen molar-refractivity contribution in [2.75, 3.05) is 19.7 Å². The number of aromatic nitrogens is 5. The summed E-state index contributed by atoms with van der Waals surface area (Å²) in [4.78, 5) is 8.81. The normalized spacial score (nSPS) is 12.1. The summed E-state index contributed by atoms with van der Waals surface area (Å²) in [5, 5.41) is 7.80. The first-order valence-corrected chi connectivity index (χ1v) is 14.1. The van der Waals surface area contributed by atoms with E-state index in [0.717, 1.165) is 53.7 Å². The Morgan fingerprint density at radius 2 is 2.00 bits per heavy atom. The fourth-order valence-corrected chi connectivity index (χ4v) is 4.08. The largest absolute Gasteiger partial charge is 0.491 e. The molecule has 1 aromatic carbocycles. The predicted molar refractivity (Wildman–Crippen MR) is 170 cm³/mol. The average molecular weight is 556 g/mol. The van der Waals surface area contributed by atoms with Gasteiger partial charge in [0.2, 0.25) is 0 Å². The number of imidazole rings is 1. The van der Waals surface area contributed by atoms with E-state index in [9.17, 15) is 0 Å². The number of pyridine rings is 1. The minimum Gasteiger partial charge on any atom is -0.491 e. The van der Waals surface area contributed by atoms with Gasteiger partial charge in [0.25, 0.3) is 0 Å². The van der Waals surface area contributed by atoms with E-state index in [-0.39, 0.29) is 5.41 Å². The molecular weight excluding hydrogens is 510 g/mol. The van der Waals surface area contributed by atoms with Crippen LogP contribution in [0.5, 0.6) is 5.75 Å². The molecule has 3 aromatic heterocycles. The van der Waals surface area contributed by atoms with Crippen LogP contribution in [0.25, 0.3) is 17.5 Å². The number of aryl methyl sites for hydroxylation is 1. The number of nitrogens with zero attached hydrogens (tertiary/aromatic N) is 5. The highest BCUT2D eigenvalue weighted by Crippen LogP contribution is 2.21. The van der Waals surface area contributed by atoms with Crippen LogP contribution in [0.2, 0.25) is 0 Å². The monoisotopic (exact) mass is 555 g/mol. The smallest absolute Gasteiger partial charge is 0.159 e. The number of allylic oxidation sites excluding steroid dienone is 2. The van der Waals surface area contributed by atoms with E-state index >= 15 is 0 Å². The summed E-state index contributed by atoms with van der Waals surface area (Å²) in [6, 6.07) is 12.4. The van der Waals surface area contributed by atoms with Gasteiger partial charge >= 0.3 is 0 Å². The molecule has 0 fully saturated rings. The van der Waals surface area contributed by atoms with Crippen LogP contribution >= 0.6 is 0 Å². The second-order valence-corrected chi connectivity index (χ2v) is 10.9. The maximum Gasteiger partial charge on any atom is 0.159 e. The van der Waals surface area contributed by atoms with E-state index in [0.29, 0.717) is 19.1 Å². The zero-order chi connectivity index (χ0) is 29.8. The first kappa shape index (κ1) is 31.4. The number of benzene rings is 1. The molecule has 0 aliphatic rings. The van der Waals surface area contributed by atoms with E-state index in [1.807, 2.05) is 53.5 Å². The molecule has 8 heteroatoms. The van der Waals surface area contributed by atoms with Crippen LogP contribution < -0.4 is 15.8 Å². The van der Waals surface area contributed by atoms with Crippen molar-refractivity contribution >= 4 is 17.5 Å². The third-order valence-electron chi connectivity index (χ3n) is 6.87. The molecule has 41 heavy (non-hydrogen) atoms. The molecule has 0 saturated carbocycles. The van der Waals surface area contributed by atoms with E-state index in [2.05, 4.69) is 84.7 Å². The highest BCUT2D eigenvalue weighted by atomic mass is 16.5. The molecule has 0 amide bonds. The Bertz CT molecular complexity index is 1430. The lowest BCUT2D eigenvalue weighted by Gasteiger charge is -2.22. The van der Waals surface area contributed by atoms with E-state index in [1.54, 1.807) is 12.4 Å². The molecule has 3 N–H and O–H groups in total. The first-order valence-electron chi connectivity index (χ1n) is 14.1. The average Bonchev–Trinajstić information content (AvgIpc) is 3.63. The molecule has 1 unspecified atom stereocenters. The van der Waals surface area contributed by atoms with Crippen molar-refractivity contribution < 1.29 is 4.74 Å². The maximum absolute atomic E-state index is 6.00. The third-order valence-corrected chi connectivity index (χ3v) is 6.87. The van der Waals surface area contributed by atoms with Crippen LogP contribution in [0.1, 0.15) is 62.8 Å². The molecule has 0 radical (unpaired) electrons. The summed E-state index contributed by atoms with van der Waals surface area (Å²) in [6.07, 6.45) is 13.0. The Hall–Kier alpha value is -4.17. The predicted octanol–water partition coefficient (Wildman–Crippen LogP) is 6.26. The van der Waals surface area contributed by atoms with Gasteiger partial charge in [0, 0.05) is 37.5 Å². The van der Waals surface area contributed by atoms with Gasteiger partial charge in [0.1, 0.15) is 5.75 Å². The minimum atomic E-state index is 0.154. The summed E-state index contributed by atoms with van der Waals surface area (Å²) in [5.41, 5.74) is 9.88. The minimum absolute atomic E-state index is 0.154. The fraction of sp³-hybridized carbons (Fsp3) is 0.364. The molecule has 4 rings (SSSR count). The van der Waals surface area contributed by atoms with Crippen LogP contribution in [0.3, 0.4) is 0 Å². The number of hydrogen-bond acceptors (Lipinski definition) is 6. The maximum atomic E-state index is 6.00. The molecular formula is C33H45N7O. The van der Waals surface area contributed by atoms with Gasteiger partial charge in [-0.3, -0.25) is 0 Å². The molecule has 1 atom stereocenters. The molecule has 0 saturated heterocycles. The summed E-state index contributed by atoms with van der Waals surface area (Å²) in [5.74, 6) is 2.78. The van der Waals surface area contributed by atoms with Gasteiger partial charge in [0.05, 0.1) is 18.5 Å². The molecule has 8 nitrogen and oxygen atoms in total. The van der Waals surface area contributed by atoms with Crippen molar-refractivity contribution in [2.24, 2.45) is 11.1 Å². The lowest BCUT2D eigenvalue weighted by molar-refractivity contribution is 0.294. The Morgan fingerprint density at radius 3 is 2.68 bits per heavy atom. The Kier molecular flexibility index (Phi) is 11.5. The van der Waals surface area contributed by atoms with Crippen LogP contribution in [-0.2, 0) is 6.42 Å². The fourth-order valence-electron chi connectivity index (χ4n) is 4.08.